The lowest BCUT2D eigenvalue weighted by Crippen LogP contribution is -2.33. The van der Waals surface area contributed by atoms with Gasteiger partial charge in [0, 0.05) is 5.02 Å². The van der Waals surface area contributed by atoms with E-state index in [4.69, 9.17) is 16.3 Å². The highest BCUT2D eigenvalue weighted by Gasteiger charge is 2.50. The fourth-order valence-electron chi connectivity index (χ4n) is 4.46. The van der Waals surface area contributed by atoms with E-state index in [0.717, 1.165) is 6.42 Å². The summed E-state index contributed by atoms with van der Waals surface area (Å²) in [5, 5.41) is 3.23. The number of ether oxygens (including phenoxy) is 1. The van der Waals surface area contributed by atoms with Crippen molar-refractivity contribution >= 4 is 40.7 Å². The van der Waals surface area contributed by atoms with Crippen molar-refractivity contribution < 1.29 is 19.1 Å². The average Bonchev–Trinajstić information content (AvgIpc) is 2.97. The molecule has 1 N–H and O–H groups in total. The summed E-state index contributed by atoms with van der Waals surface area (Å²) in [7, 11) is 1.50. The molecule has 0 aromatic heterocycles. The van der Waals surface area contributed by atoms with Gasteiger partial charge >= 0.3 is 0 Å². The number of para-hydroxylation sites is 1. The molecule has 3 amide bonds. The minimum absolute atomic E-state index is 0.211. The Morgan fingerprint density at radius 3 is 2.60 bits per heavy atom. The largest absolute Gasteiger partial charge is 0.495 e. The van der Waals surface area contributed by atoms with Gasteiger partial charge in [-0.1, -0.05) is 30.7 Å². The molecule has 3 atom stereocenters. The fraction of sp³-hybridized carbons (Fsp3) is 0.348. The smallest absolute Gasteiger partial charge is 0.257 e. The van der Waals surface area contributed by atoms with Crippen LogP contribution in [0, 0.1) is 17.8 Å². The number of nitrogens with zero attached hydrogens (tertiary/aromatic N) is 1. The second-order valence-electron chi connectivity index (χ2n) is 7.96. The second-order valence-corrected chi connectivity index (χ2v) is 8.40. The molecule has 0 bridgehead atoms. The molecule has 30 heavy (non-hydrogen) atoms. The normalized spacial score (nSPS) is 23.3. The topological polar surface area (TPSA) is 75.7 Å². The minimum Gasteiger partial charge on any atom is -0.495 e. The molecule has 1 saturated carbocycles. The van der Waals surface area contributed by atoms with Crippen LogP contribution in [0.25, 0.3) is 0 Å². The van der Waals surface area contributed by atoms with Crippen molar-refractivity contribution in [2.75, 3.05) is 17.3 Å². The first-order valence-electron chi connectivity index (χ1n) is 10.0. The molecule has 6 nitrogen and oxygen atoms in total. The third kappa shape index (κ3) is 3.56. The van der Waals surface area contributed by atoms with Crippen molar-refractivity contribution in [1.82, 2.24) is 0 Å². The van der Waals surface area contributed by atoms with Gasteiger partial charge in [0.25, 0.3) is 5.91 Å². The van der Waals surface area contributed by atoms with Gasteiger partial charge in [-0.2, -0.15) is 0 Å². The van der Waals surface area contributed by atoms with E-state index in [2.05, 4.69) is 12.2 Å². The summed E-state index contributed by atoms with van der Waals surface area (Å²) in [4.78, 5) is 40.5. The van der Waals surface area contributed by atoms with E-state index in [9.17, 15) is 14.4 Å². The summed E-state index contributed by atoms with van der Waals surface area (Å²) < 4.78 is 5.28. The second kappa shape index (κ2) is 8.11. The molecule has 2 fully saturated rings. The minimum atomic E-state index is -0.449. The summed E-state index contributed by atoms with van der Waals surface area (Å²) >= 11 is 6.05. The molecule has 1 aliphatic heterocycles. The Morgan fingerprint density at radius 2 is 1.83 bits per heavy atom. The van der Waals surface area contributed by atoms with E-state index in [1.54, 1.807) is 42.5 Å². The van der Waals surface area contributed by atoms with Crippen molar-refractivity contribution in [1.29, 1.82) is 0 Å². The number of rotatable bonds is 4. The number of nitrogens with one attached hydrogen (secondary N) is 1. The number of carbonyl (C=O) groups is 3. The van der Waals surface area contributed by atoms with Gasteiger partial charge in [0.05, 0.1) is 35.9 Å². The lowest BCUT2D eigenvalue weighted by Gasteiger charge is -2.25. The van der Waals surface area contributed by atoms with Gasteiger partial charge in [-0.25, -0.2) is 4.90 Å². The number of fused-ring (bicyclic) bond motifs is 1. The third-order valence-electron chi connectivity index (χ3n) is 5.99. The maximum absolute atomic E-state index is 13.1. The van der Waals surface area contributed by atoms with Crippen molar-refractivity contribution in [2.24, 2.45) is 17.8 Å². The van der Waals surface area contributed by atoms with Crippen LogP contribution in [0.4, 0.5) is 11.4 Å². The van der Waals surface area contributed by atoms with E-state index in [0.29, 0.717) is 40.9 Å². The van der Waals surface area contributed by atoms with Crippen LogP contribution < -0.4 is 15.0 Å². The van der Waals surface area contributed by atoms with Gasteiger partial charge < -0.3 is 10.1 Å². The monoisotopic (exact) mass is 426 g/mol. The Bertz CT molecular complexity index is 1020. The number of methoxy groups -OCH3 is 1. The number of hydrogen-bond donors (Lipinski definition) is 1. The van der Waals surface area contributed by atoms with Crippen molar-refractivity contribution in [3.63, 3.8) is 0 Å². The fourth-order valence-corrected chi connectivity index (χ4v) is 4.63. The molecule has 156 valence electrons. The van der Waals surface area contributed by atoms with Crippen molar-refractivity contribution in [3.05, 3.63) is 53.1 Å². The molecule has 0 spiro atoms. The van der Waals surface area contributed by atoms with E-state index in [1.165, 1.54) is 12.0 Å². The van der Waals surface area contributed by atoms with Gasteiger partial charge in [-0.3, -0.25) is 14.4 Å². The van der Waals surface area contributed by atoms with Crippen molar-refractivity contribution in [3.8, 4) is 5.75 Å². The highest BCUT2D eigenvalue weighted by molar-refractivity contribution is 6.31. The Hall–Kier alpha value is -2.86. The van der Waals surface area contributed by atoms with Crippen LogP contribution in [-0.2, 0) is 9.59 Å². The Kier molecular flexibility index (Phi) is 5.52. The van der Waals surface area contributed by atoms with E-state index in [-0.39, 0.29) is 29.2 Å². The summed E-state index contributed by atoms with van der Waals surface area (Å²) in [5.41, 5.74) is 0.965. The Balaban J connectivity index is 1.67. The molecule has 2 aliphatic rings. The van der Waals surface area contributed by atoms with E-state index in [1.807, 2.05) is 0 Å². The molecule has 0 radical (unpaired) electrons. The number of benzene rings is 2. The predicted molar refractivity (Wildman–Crippen MR) is 115 cm³/mol. The Labute approximate surface area is 180 Å². The lowest BCUT2D eigenvalue weighted by molar-refractivity contribution is -0.122. The number of carbonyl (C=O) groups excluding carboxylic acids is 3. The quantitative estimate of drug-likeness (QED) is 0.729. The molecule has 7 heteroatoms. The van der Waals surface area contributed by atoms with Crippen LogP contribution in [0.3, 0.4) is 0 Å². The van der Waals surface area contributed by atoms with Crippen LogP contribution in [0.1, 0.15) is 36.5 Å². The molecule has 2 aromatic carbocycles. The zero-order valence-corrected chi connectivity index (χ0v) is 17.6. The lowest BCUT2D eigenvalue weighted by atomic mass is 9.76. The zero-order valence-electron chi connectivity index (χ0n) is 16.9. The summed E-state index contributed by atoms with van der Waals surface area (Å²) in [6.45, 7) is 2.11. The molecule has 4 rings (SSSR count). The van der Waals surface area contributed by atoms with Crippen LogP contribution in [0.5, 0.6) is 5.75 Å². The molecule has 1 saturated heterocycles. The summed E-state index contributed by atoms with van der Waals surface area (Å²) in [6.07, 6.45) is 2.35. The van der Waals surface area contributed by atoms with Crippen LogP contribution in [0.15, 0.2) is 42.5 Å². The van der Waals surface area contributed by atoms with Crippen molar-refractivity contribution in [2.45, 2.75) is 26.2 Å². The van der Waals surface area contributed by atoms with Crippen LogP contribution in [0.2, 0.25) is 5.02 Å². The number of amides is 3. The van der Waals surface area contributed by atoms with E-state index >= 15 is 0 Å². The number of anilines is 2. The molecule has 2 aromatic rings. The first-order chi connectivity index (χ1) is 14.4. The van der Waals surface area contributed by atoms with E-state index < -0.39 is 5.91 Å². The standard InChI is InChI=1S/C23H23ClN2O4/c1-13-7-9-15-17(11-13)23(29)26(22(15)28)19-6-4-3-5-16(19)21(27)25-18-12-14(24)8-10-20(18)30-2/h3-6,8,10,12-13,15,17H,7,9,11H2,1-2H3,(H,25,27)/t13-,15-,17-/m1/s1. The van der Waals surface area contributed by atoms with Crippen LogP contribution >= 0.6 is 11.6 Å². The molecule has 1 aliphatic carbocycles. The first kappa shape index (κ1) is 20.4. The maximum Gasteiger partial charge on any atom is 0.257 e. The average molecular weight is 427 g/mol. The van der Waals surface area contributed by atoms with Gasteiger partial charge in [-0.15, -0.1) is 0 Å². The molecule has 0 unspecified atom stereocenters. The molecular weight excluding hydrogens is 404 g/mol. The molecule has 1 heterocycles. The van der Waals surface area contributed by atoms with Gasteiger partial charge in [-0.05, 0) is 55.5 Å². The van der Waals surface area contributed by atoms with Gasteiger partial charge in [0.2, 0.25) is 11.8 Å². The number of halogens is 1. The number of hydrogen-bond acceptors (Lipinski definition) is 4. The summed E-state index contributed by atoms with van der Waals surface area (Å²) in [5.74, 6) is -0.594. The highest BCUT2D eigenvalue weighted by atomic mass is 35.5. The van der Waals surface area contributed by atoms with Gasteiger partial charge in [0.15, 0.2) is 0 Å². The maximum atomic E-state index is 13.1. The summed E-state index contributed by atoms with van der Waals surface area (Å²) in [6, 6.07) is 11.6. The zero-order chi connectivity index (χ0) is 21.4. The first-order valence-corrected chi connectivity index (χ1v) is 10.4. The van der Waals surface area contributed by atoms with Gasteiger partial charge in [0.1, 0.15) is 5.75 Å². The third-order valence-corrected chi connectivity index (χ3v) is 6.22. The Morgan fingerprint density at radius 1 is 1.10 bits per heavy atom. The predicted octanol–water partition coefficient (Wildman–Crippen LogP) is 4.53. The number of imide groups is 1. The SMILES string of the molecule is COc1ccc(Cl)cc1NC(=O)c1ccccc1N1C(=O)[C@@H]2CC[C@@H](C)C[C@H]2C1=O. The van der Waals surface area contributed by atoms with Crippen LogP contribution in [-0.4, -0.2) is 24.8 Å². The highest BCUT2D eigenvalue weighted by Crippen LogP contribution is 2.43. The molecular formula is C23H23ClN2O4.